The van der Waals surface area contributed by atoms with Crippen LogP contribution in [0.4, 0.5) is 0 Å². The zero-order valence-corrected chi connectivity index (χ0v) is 8.91. The second-order valence-electron chi connectivity index (χ2n) is 4.63. The van der Waals surface area contributed by atoms with E-state index in [1.807, 2.05) is 0 Å². The number of phenolic OH excluding ortho intramolecular Hbond substituents is 1. The Morgan fingerprint density at radius 3 is 2.60 bits per heavy atom. The number of hydrogen-bond acceptors (Lipinski definition) is 3. The van der Waals surface area contributed by atoms with Crippen LogP contribution in [0, 0.1) is 0 Å². The van der Waals surface area contributed by atoms with Gasteiger partial charge in [0.1, 0.15) is 5.75 Å². The fraction of sp³-hybridized carbons (Fsp3) is 0.500. The summed E-state index contributed by atoms with van der Waals surface area (Å²) < 4.78 is 11.5. The molecule has 0 bridgehead atoms. The monoisotopic (exact) mass is 206 g/mol. The summed E-state index contributed by atoms with van der Waals surface area (Å²) >= 11 is 0. The summed E-state index contributed by atoms with van der Waals surface area (Å²) in [5.74, 6) is 1.69. The maximum Gasteiger partial charge on any atom is 0.252 e. The molecule has 1 aliphatic heterocycles. The zero-order chi connectivity index (χ0) is 10.6. The van der Waals surface area contributed by atoms with E-state index in [1.165, 1.54) is 0 Å². The highest BCUT2D eigenvalue weighted by Crippen LogP contribution is 2.54. The number of hydrogen-bond donors (Lipinski definition) is 1. The predicted molar refractivity (Wildman–Crippen MR) is 55.4 cm³/mol. The largest absolute Gasteiger partial charge is 0.508 e. The molecule has 1 spiro atoms. The van der Waals surface area contributed by atoms with Crippen molar-refractivity contribution in [2.45, 2.75) is 38.4 Å². The molecule has 3 rings (SSSR count). The molecule has 1 N–H and O–H groups in total. The smallest absolute Gasteiger partial charge is 0.252 e. The average molecular weight is 206 g/mol. The molecule has 2 aliphatic rings. The molecule has 1 aliphatic carbocycles. The summed E-state index contributed by atoms with van der Waals surface area (Å²) in [4.78, 5) is 0. The predicted octanol–water partition coefficient (Wildman–Crippen LogP) is 2.78. The van der Waals surface area contributed by atoms with Gasteiger partial charge in [0.05, 0.1) is 0 Å². The van der Waals surface area contributed by atoms with Gasteiger partial charge in [-0.1, -0.05) is 13.8 Å². The van der Waals surface area contributed by atoms with E-state index in [0.717, 1.165) is 24.2 Å². The molecule has 15 heavy (non-hydrogen) atoms. The van der Waals surface area contributed by atoms with Crippen LogP contribution >= 0.6 is 0 Å². The van der Waals surface area contributed by atoms with Crippen molar-refractivity contribution in [3.63, 3.8) is 0 Å². The molecule has 1 aromatic rings. The van der Waals surface area contributed by atoms with Crippen LogP contribution in [0.1, 0.15) is 38.2 Å². The van der Waals surface area contributed by atoms with Gasteiger partial charge in [0.15, 0.2) is 11.5 Å². The van der Waals surface area contributed by atoms with Gasteiger partial charge in [0, 0.05) is 24.5 Å². The van der Waals surface area contributed by atoms with Crippen molar-refractivity contribution in [3.05, 3.63) is 17.7 Å². The number of rotatable bonds is 1. The lowest BCUT2D eigenvalue weighted by Crippen LogP contribution is -2.19. The highest BCUT2D eigenvalue weighted by molar-refractivity contribution is 5.55. The molecular weight excluding hydrogens is 192 g/mol. The third-order valence-electron chi connectivity index (χ3n) is 2.93. The van der Waals surface area contributed by atoms with E-state index in [4.69, 9.17) is 9.47 Å². The molecule has 3 nitrogen and oxygen atoms in total. The van der Waals surface area contributed by atoms with Crippen LogP contribution in [0.15, 0.2) is 12.1 Å². The van der Waals surface area contributed by atoms with Crippen LogP contribution in [-0.2, 0) is 0 Å². The van der Waals surface area contributed by atoms with Gasteiger partial charge < -0.3 is 14.6 Å². The maximum atomic E-state index is 9.58. The van der Waals surface area contributed by atoms with Gasteiger partial charge in [0.25, 0.3) is 5.79 Å². The van der Waals surface area contributed by atoms with E-state index in [-0.39, 0.29) is 11.5 Å². The van der Waals surface area contributed by atoms with E-state index in [2.05, 4.69) is 13.8 Å². The lowest BCUT2D eigenvalue weighted by Gasteiger charge is -2.10. The second kappa shape index (κ2) is 2.60. The standard InChI is InChI=1S/C12H14O3/c1-7(2)9-5-8(13)6-10-11(9)15-12(14-10)3-4-12/h5-7,13H,3-4H2,1-2H3. The molecule has 0 atom stereocenters. The minimum atomic E-state index is -0.389. The van der Waals surface area contributed by atoms with Crippen LogP contribution in [0.5, 0.6) is 17.2 Å². The van der Waals surface area contributed by atoms with Crippen LogP contribution in [0.2, 0.25) is 0 Å². The van der Waals surface area contributed by atoms with E-state index < -0.39 is 0 Å². The van der Waals surface area contributed by atoms with Crippen molar-refractivity contribution >= 4 is 0 Å². The quantitative estimate of drug-likeness (QED) is 0.767. The summed E-state index contributed by atoms with van der Waals surface area (Å²) in [6.07, 6.45) is 1.89. The Hall–Kier alpha value is -1.38. The van der Waals surface area contributed by atoms with Crippen LogP contribution in [0.25, 0.3) is 0 Å². The summed E-state index contributed by atoms with van der Waals surface area (Å²) in [5.41, 5.74) is 1.02. The third-order valence-corrected chi connectivity index (χ3v) is 2.93. The Morgan fingerprint density at radius 2 is 2.00 bits per heavy atom. The lowest BCUT2D eigenvalue weighted by molar-refractivity contribution is 0.0212. The molecular formula is C12H14O3. The average Bonchev–Trinajstić information content (AvgIpc) is 2.76. The Bertz CT molecular complexity index is 419. The number of aromatic hydroxyl groups is 1. The molecule has 0 amide bonds. The van der Waals surface area contributed by atoms with Gasteiger partial charge in [-0.3, -0.25) is 0 Å². The number of benzene rings is 1. The first-order valence-corrected chi connectivity index (χ1v) is 5.35. The molecule has 1 saturated carbocycles. The van der Waals surface area contributed by atoms with Crippen molar-refractivity contribution in [1.82, 2.24) is 0 Å². The van der Waals surface area contributed by atoms with Crippen molar-refractivity contribution in [2.24, 2.45) is 0 Å². The Kier molecular flexibility index (Phi) is 1.54. The molecule has 1 fully saturated rings. The summed E-state index contributed by atoms with van der Waals surface area (Å²) in [6.45, 7) is 4.16. The van der Waals surface area contributed by atoms with Gasteiger partial charge in [-0.2, -0.15) is 0 Å². The maximum absolute atomic E-state index is 9.58. The molecule has 0 unspecified atom stereocenters. The van der Waals surface area contributed by atoms with Crippen molar-refractivity contribution in [2.75, 3.05) is 0 Å². The minimum Gasteiger partial charge on any atom is -0.508 e. The first-order valence-electron chi connectivity index (χ1n) is 5.35. The highest BCUT2D eigenvalue weighted by atomic mass is 16.7. The topological polar surface area (TPSA) is 38.7 Å². The first-order chi connectivity index (χ1) is 7.10. The van der Waals surface area contributed by atoms with E-state index in [0.29, 0.717) is 11.7 Å². The lowest BCUT2D eigenvalue weighted by atomic mass is 10.0. The Labute approximate surface area is 88.6 Å². The molecule has 0 aromatic heterocycles. The second-order valence-corrected chi connectivity index (χ2v) is 4.63. The van der Waals surface area contributed by atoms with Crippen molar-refractivity contribution < 1.29 is 14.6 Å². The van der Waals surface area contributed by atoms with E-state index in [9.17, 15) is 5.11 Å². The molecule has 80 valence electrons. The van der Waals surface area contributed by atoms with Gasteiger partial charge in [-0.05, 0) is 12.0 Å². The normalized spacial score (nSPS) is 19.9. The molecule has 0 saturated heterocycles. The van der Waals surface area contributed by atoms with E-state index in [1.54, 1.807) is 12.1 Å². The molecule has 3 heteroatoms. The summed E-state index contributed by atoms with van der Waals surface area (Å²) in [6, 6.07) is 3.39. The summed E-state index contributed by atoms with van der Waals surface area (Å²) in [7, 11) is 0. The van der Waals surface area contributed by atoms with Crippen LogP contribution in [-0.4, -0.2) is 10.9 Å². The fourth-order valence-electron chi connectivity index (χ4n) is 1.94. The number of ether oxygens (including phenoxy) is 2. The number of fused-ring (bicyclic) bond motifs is 1. The Morgan fingerprint density at radius 1 is 1.27 bits per heavy atom. The van der Waals surface area contributed by atoms with Gasteiger partial charge in [-0.15, -0.1) is 0 Å². The number of phenols is 1. The van der Waals surface area contributed by atoms with Crippen molar-refractivity contribution in [1.29, 1.82) is 0 Å². The Balaban J connectivity index is 2.10. The highest BCUT2D eigenvalue weighted by Gasteiger charge is 2.54. The fourth-order valence-corrected chi connectivity index (χ4v) is 1.94. The SMILES string of the molecule is CC(C)c1cc(O)cc2c1OC1(CC1)O2. The molecule has 1 aromatic carbocycles. The zero-order valence-electron chi connectivity index (χ0n) is 8.91. The third kappa shape index (κ3) is 1.26. The first kappa shape index (κ1) is 8.89. The van der Waals surface area contributed by atoms with Gasteiger partial charge in [0.2, 0.25) is 0 Å². The van der Waals surface area contributed by atoms with E-state index >= 15 is 0 Å². The molecule has 0 radical (unpaired) electrons. The van der Waals surface area contributed by atoms with Crippen LogP contribution < -0.4 is 9.47 Å². The van der Waals surface area contributed by atoms with Gasteiger partial charge >= 0.3 is 0 Å². The van der Waals surface area contributed by atoms with Crippen molar-refractivity contribution in [3.8, 4) is 17.2 Å². The molecule has 1 heterocycles. The summed E-state index contributed by atoms with van der Waals surface area (Å²) in [5, 5.41) is 9.58. The van der Waals surface area contributed by atoms with Crippen LogP contribution in [0.3, 0.4) is 0 Å². The van der Waals surface area contributed by atoms with Gasteiger partial charge in [-0.25, -0.2) is 0 Å². The minimum absolute atomic E-state index is 0.249.